The number of hydrogen-bond donors (Lipinski definition) is 0. The maximum atomic E-state index is 2.32. The molecule has 4 unspecified atom stereocenters. The second-order valence-corrected chi connectivity index (χ2v) is 8.11. The molecular formula is C26H42Mg. The Balaban J connectivity index is 0.000000483. The number of rotatable bonds is 8. The summed E-state index contributed by atoms with van der Waals surface area (Å²) in [4.78, 5) is 0. The summed E-state index contributed by atoms with van der Waals surface area (Å²) in [5.74, 6) is 2.89. The molecule has 0 fully saturated rings. The summed E-state index contributed by atoms with van der Waals surface area (Å²) in [6.07, 6.45) is 4.97. The molecule has 0 aromatic heterocycles. The molecule has 0 aliphatic rings. The van der Waals surface area contributed by atoms with Crippen LogP contribution in [0.5, 0.6) is 0 Å². The summed E-state index contributed by atoms with van der Waals surface area (Å²) < 4.78 is 0. The third-order valence-corrected chi connectivity index (χ3v) is 6.34. The van der Waals surface area contributed by atoms with Crippen LogP contribution < -0.4 is 0 Å². The van der Waals surface area contributed by atoms with Gasteiger partial charge in [-0.1, -0.05) is 92.9 Å². The molecule has 0 nitrogen and oxygen atoms in total. The fraction of sp³-hybridized carbons (Fsp3) is 0.615. The Morgan fingerprint density at radius 1 is 0.630 bits per heavy atom. The van der Waals surface area contributed by atoms with Crippen LogP contribution in [0.3, 0.4) is 0 Å². The molecule has 0 bridgehead atoms. The van der Waals surface area contributed by atoms with Crippen LogP contribution in [0, 0.1) is 0 Å². The van der Waals surface area contributed by atoms with E-state index in [1.54, 1.807) is 22.3 Å². The van der Waals surface area contributed by atoms with Gasteiger partial charge < -0.3 is 0 Å². The average Bonchev–Trinajstić information content (AvgIpc) is 3.35. The summed E-state index contributed by atoms with van der Waals surface area (Å²) in [6, 6.07) is 13.5. The molecule has 0 spiro atoms. The molecule has 4 atom stereocenters. The molecule has 27 heavy (non-hydrogen) atoms. The Morgan fingerprint density at radius 3 is 1.22 bits per heavy atom. The van der Waals surface area contributed by atoms with Crippen LogP contribution >= 0.6 is 0 Å². The van der Waals surface area contributed by atoms with Crippen LogP contribution in [-0.2, 0) is 0 Å². The molecule has 0 saturated heterocycles. The molecule has 1 heteroatoms. The molecular weight excluding hydrogens is 337 g/mol. The molecule has 0 N–H and O–H groups in total. The first-order chi connectivity index (χ1) is 12.4. The van der Waals surface area contributed by atoms with Crippen molar-refractivity contribution >= 4 is 23.1 Å². The first-order valence-corrected chi connectivity index (χ1v) is 10.9. The van der Waals surface area contributed by atoms with Gasteiger partial charge >= 0.3 is 23.1 Å². The third-order valence-electron chi connectivity index (χ3n) is 6.34. The van der Waals surface area contributed by atoms with Crippen LogP contribution in [0.1, 0.15) is 127 Å². The summed E-state index contributed by atoms with van der Waals surface area (Å²) in [7, 11) is 0. The first kappa shape index (κ1) is 26.5. The fourth-order valence-corrected chi connectivity index (χ4v) is 3.57. The van der Waals surface area contributed by atoms with Crippen molar-refractivity contribution < 1.29 is 0 Å². The Bertz CT molecular complexity index is 500. The van der Waals surface area contributed by atoms with Crippen molar-refractivity contribution in [1.82, 2.24) is 0 Å². The van der Waals surface area contributed by atoms with Crippen molar-refractivity contribution in [2.75, 3.05) is 0 Å². The van der Waals surface area contributed by atoms with E-state index in [-0.39, 0.29) is 23.1 Å². The smallest absolute Gasteiger partial charge is 0.213 e. The van der Waals surface area contributed by atoms with Gasteiger partial charge in [0.15, 0.2) is 0 Å². The second kappa shape index (κ2) is 13.6. The normalized spacial score (nSPS) is 15.1. The Labute approximate surface area is 186 Å². The van der Waals surface area contributed by atoms with Gasteiger partial charge in [-0.25, -0.2) is 24.3 Å². The fourth-order valence-electron chi connectivity index (χ4n) is 3.57. The van der Waals surface area contributed by atoms with Gasteiger partial charge in [0.1, 0.15) is 0 Å². The molecule has 0 amide bonds. The monoisotopic (exact) mass is 378 g/mol. The molecule has 0 aliphatic carbocycles. The van der Waals surface area contributed by atoms with E-state index < -0.39 is 0 Å². The molecule has 2 aromatic carbocycles. The molecule has 148 valence electrons. The summed E-state index contributed by atoms with van der Waals surface area (Å²) in [6.45, 7) is 18.3. The van der Waals surface area contributed by atoms with Crippen LogP contribution in [0.2, 0.25) is 0 Å². The van der Waals surface area contributed by atoms with Crippen molar-refractivity contribution in [3.05, 3.63) is 58.7 Å². The van der Waals surface area contributed by atoms with Crippen LogP contribution in [0.15, 0.2) is 36.4 Å². The van der Waals surface area contributed by atoms with Gasteiger partial charge in [-0.15, -0.1) is 0 Å². The van der Waals surface area contributed by atoms with E-state index in [0.29, 0.717) is 0 Å². The first-order valence-electron chi connectivity index (χ1n) is 10.9. The van der Waals surface area contributed by atoms with Gasteiger partial charge in [0.2, 0.25) is 0 Å². The van der Waals surface area contributed by atoms with E-state index in [4.69, 9.17) is 0 Å². The zero-order valence-electron chi connectivity index (χ0n) is 19.3. The Morgan fingerprint density at radius 2 is 0.963 bits per heavy atom. The predicted octanol–water partition coefficient (Wildman–Crippen LogP) is 8.48. The number of hydrogen-bond acceptors (Lipinski definition) is 0. The average molecular weight is 379 g/mol. The van der Waals surface area contributed by atoms with E-state index in [2.05, 4.69) is 91.8 Å². The van der Waals surface area contributed by atoms with Gasteiger partial charge in [0.25, 0.3) is 0 Å². The van der Waals surface area contributed by atoms with E-state index in [0.717, 1.165) is 23.7 Å². The zero-order chi connectivity index (χ0) is 19.7. The van der Waals surface area contributed by atoms with Gasteiger partial charge in [-0.05, 0) is 11.8 Å². The van der Waals surface area contributed by atoms with Crippen LogP contribution in [0.25, 0.3) is 0 Å². The van der Waals surface area contributed by atoms with E-state index in [1.807, 2.05) is 0 Å². The minimum absolute atomic E-state index is 0. The standard InChI is InChI=1S/2C13H21.Mg/c2*1-5-10(3)12-8-7-9-13(12)11(4)6-2;/h2*7-11H,5-6H2,1-4H3;/q2*-1;+2. The van der Waals surface area contributed by atoms with E-state index >= 15 is 0 Å². The molecule has 2 aromatic rings. The topological polar surface area (TPSA) is 0 Å². The molecule has 0 radical (unpaired) electrons. The van der Waals surface area contributed by atoms with E-state index in [1.165, 1.54) is 25.7 Å². The largest absolute Gasteiger partial charge is 2.00 e. The molecule has 0 saturated carbocycles. The molecule has 2 rings (SSSR count). The quantitative estimate of drug-likeness (QED) is 0.319. The molecule has 0 heterocycles. The van der Waals surface area contributed by atoms with Gasteiger partial charge in [0, 0.05) is 0 Å². The summed E-state index contributed by atoms with van der Waals surface area (Å²) >= 11 is 0. The zero-order valence-corrected chi connectivity index (χ0v) is 20.7. The van der Waals surface area contributed by atoms with Crippen molar-refractivity contribution in [3.63, 3.8) is 0 Å². The maximum Gasteiger partial charge on any atom is 2.00 e. The van der Waals surface area contributed by atoms with Crippen LogP contribution in [0.4, 0.5) is 0 Å². The second-order valence-electron chi connectivity index (χ2n) is 8.11. The van der Waals surface area contributed by atoms with Crippen molar-refractivity contribution in [2.45, 2.75) is 105 Å². The van der Waals surface area contributed by atoms with E-state index in [9.17, 15) is 0 Å². The van der Waals surface area contributed by atoms with Crippen molar-refractivity contribution in [2.24, 2.45) is 0 Å². The van der Waals surface area contributed by atoms with Crippen LogP contribution in [-0.4, -0.2) is 23.1 Å². The summed E-state index contributed by atoms with van der Waals surface area (Å²) in [5, 5.41) is 0. The molecule has 0 aliphatic heterocycles. The Kier molecular flexibility index (Phi) is 13.3. The van der Waals surface area contributed by atoms with Gasteiger partial charge in [-0.3, -0.25) is 0 Å². The minimum Gasteiger partial charge on any atom is -0.213 e. The summed E-state index contributed by atoms with van der Waals surface area (Å²) in [5.41, 5.74) is 6.27. The van der Waals surface area contributed by atoms with Gasteiger partial charge in [0.05, 0.1) is 0 Å². The SMILES string of the molecule is CCC(C)c1ccc[c-]1C(C)CC.CCC(C)c1ccc[c-]1C(C)CC.[Mg+2]. The van der Waals surface area contributed by atoms with Crippen molar-refractivity contribution in [3.8, 4) is 0 Å². The minimum atomic E-state index is 0. The van der Waals surface area contributed by atoms with Crippen molar-refractivity contribution in [1.29, 1.82) is 0 Å². The third kappa shape index (κ3) is 7.42. The Hall–Kier alpha value is -0.534. The predicted molar refractivity (Wildman–Crippen MR) is 125 cm³/mol. The van der Waals surface area contributed by atoms with Gasteiger partial charge in [-0.2, -0.15) is 34.4 Å². The maximum absolute atomic E-state index is 2.32.